The summed E-state index contributed by atoms with van der Waals surface area (Å²) in [5.41, 5.74) is 2.50. The van der Waals surface area contributed by atoms with E-state index in [0.717, 1.165) is 58.2 Å². The van der Waals surface area contributed by atoms with Crippen molar-refractivity contribution < 1.29 is 0 Å². The van der Waals surface area contributed by atoms with Crippen molar-refractivity contribution in [2.45, 2.75) is 29.4 Å². The van der Waals surface area contributed by atoms with Crippen LogP contribution in [0.4, 0.5) is 0 Å². The van der Waals surface area contributed by atoms with Crippen LogP contribution in [0.15, 0.2) is 34.0 Å². The molecule has 0 amide bonds. The Morgan fingerprint density at radius 2 is 2.19 bits per heavy atom. The molecule has 0 aliphatic rings. The number of nitrogens with zero attached hydrogens (tertiary/aromatic N) is 5. The molecule has 0 saturated carbocycles. The Hall–Kier alpha value is -1.05. The van der Waals surface area contributed by atoms with Gasteiger partial charge in [-0.05, 0) is 0 Å². The van der Waals surface area contributed by atoms with E-state index >= 15 is 0 Å². The van der Waals surface area contributed by atoms with Gasteiger partial charge in [-0.15, -0.1) is 0 Å². The first-order valence-corrected chi connectivity index (χ1v) is 11.0. The van der Waals surface area contributed by atoms with Crippen LogP contribution < -0.4 is 4.48 Å². The molecule has 0 bridgehead atoms. The Balaban J connectivity index is 1.78. The topological polar surface area (TPSA) is 56.5 Å². The van der Waals surface area contributed by atoms with E-state index in [0.29, 0.717) is 0 Å². The molecule has 2 radical (unpaired) electrons. The van der Waals surface area contributed by atoms with Crippen LogP contribution in [0.1, 0.15) is 13.3 Å². The van der Waals surface area contributed by atoms with Crippen molar-refractivity contribution in [2.24, 2.45) is 0 Å². The van der Waals surface area contributed by atoms with Crippen molar-refractivity contribution in [3.05, 3.63) is 29.5 Å². The molecule has 10 heteroatoms. The average Bonchev–Trinajstić information content (AvgIpc) is 3.16. The van der Waals surface area contributed by atoms with Crippen LogP contribution in [0.25, 0.3) is 21.4 Å². The molecule has 0 atom stereocenters. The van der Waals surface area contributed by atoms with E-state index in [4.69, 9.17) is 28.8 Å². The molecule has 0 aliphatic heterocycles. The van der Waals surface area contributed by atoms with Crippen LogP contribution in [-0.4, -0.2) is 46.2 Å². The summed E-state index contributed by atoms with van der Waals surface area (Å²) in [6.07, 6.45) is 2.35. The molecule has 0 spiro atoms. The fraction of sp³-hybridized carbons (Fsp3) is 0.188. The Morgan fingerprint density at radius 3 is 2.96 bits per heavy atom. The maximum atomic E-state index is 6.28. The molecule has 3 aromatic heterocycles. The van der Waals surface area contributed by atoms with Gasteiger partial charge in [0.2, 0.25) is 0 Å². The van der Waals surface area contributed by atoms with Crippen LogP contribution in [0, 0.1) is 0 Å². The van der Waals surface area contributed by atoms with Crippen molar-refractivity contribution >= 4 is 94.5 Å². The number of aryl methyl sites for hydroxylation is 1. The molecule has 0 N–H and O–H groups in total. The van der Waals surface area contributed by atoms with Gasteiger partial charge in [-0.3, -0.25) is 0 Å². The number of thiocarbonyl (C=S) groups is 1. The molecular weight excluding hydrogens is 469 g/mol. The summed E-state index contributed by atoms with van der Waals surface area (Å²) < 4.78 is 4.77. The fourth-order valence-corrected chi connectivity index (χ4v) is 5.34. The summed E-state index contributed by atoms with van der Waals surface area (Å²) in [7, 11) is 0. The van der Waals surface area contributed by atoms with Gasteiger partial charge in [0.1, 0.15) is 0 Å². The van der Waals surface area contributed by atoms with Crippen LogP contribution in [0.2, 0.25) is 5.02 Å². The number of thiazole rings is 1. The van der Waals surface area contributed by atoms with Crippen molar-refractivity contribution in [2.75, 3.05) is 0 Å². The summed E-state index contributed by atoms with van der Waals surface area (Å²) in [6, 6.07) is 5.76. The van der Waals surface area contributed by atoms with Crippen LogP contribution in [-0.2, 0) is 6.54 Å². The average molecular weight is 480 g/mol. The molecular formula is C16H11AsClN5S3. The quantitative estimate of drug-likeness (QED) is 0.320. The zero-order valence-electron chi connectivity index (χ0n) is 13.5. The first-order chi connectivity index (χ1) is 12.5. The number of imidazole rings is 1. The summed E-state index contributed by atoms with van der Waals surface area (Å²) in [5, 5.41) is 1.55. The minimum absolute atomic E-state index is 0.718. The van der Waals surface area contributed by atoms with E-state index in [-0.39, 0.29) is 0 Å². The Morgan fingerprint density at radius 1 is 1.35 bits per heavy atom. The van der Waals surface area contributed by atoms with Crippen LogP contribution in [0.3, 0.4) is 0 Å². The molecule has 26 heavy (non-hydrogen) atoms. The fourth-order valence-electron chi connectivity index (χ4n) is 2.47. The van der Waals surface area contributed by atoms with Crippen molar-refractivity contribution in [1.29, 1.82) is 0 Å². The van der Waals surface area contributed by atoms with Gasteiger partial charge >= 0.3 is 178 Å². The van der Waals surface area contributed by atoms with Crippen LogP contribution in [0.5, 0.6) is 0 Å². The van der Waals surface area contributed by atoms with Gasteiger partial charge in [-0.25, -0.2) is 0 Å². The summed E-state index contributed by atoms with van der Waals surface area (Å²) >= 11 is 17.1. The first-order valence-electron chi connectivity index (χ1n) is 7.65. The molecule has 5 nitrogen and oxygen atoms in total. The molecule has 0 fully saturated rings. The number of aromatic nitrogens is 5. The summed E-state index contributed by atoms with van der Waals surface area (Å²) in [6.45, 7) is 2.68. The van der Waals surface area contributed by atoms with Gasteiger partial charge in [0.05, 0.1) is 0 Å². The van der Waals surface area contributed by atoms with Gasteiger partial charge < -0.3 is 0 Å². The molecule has 0 aliphatic carbocycles. The molecule has 1 aromatic carbocycles. The SMILES string of the molecule is CC(=S)CCn1c(Sc2nc3cccc(Cl)c3s2)nc2c([As])ncnc21. The molecule has 0 unspecified atom stereocenters. The third-order valence-corrected chi connectivity index (χ3v) is 7.17. The second-order valence-electron chi connectivity index (χ2n) is 5.54. The number of benzene rings is 1. The van der Waals surface area contributed by atoms with Gasteiger partial charge in [0.15, 0.2) is 0 Å². The molecule has 4 aromatic rings. The third-order valence-electron chi connectivity index (χ3n) is 3.69. The van der Waals surface area contributed by atoms with E-state index in [1.54, 1.807) is 17.7 Å². The van der Waals surface area contributed by atoms with E-state index in [1.165, 1.54) is 11.8 Å². The maximum absolute atomic E-state index is 6.28. The van der Waals surface area contributed by atoms with Gasteiger partial charge in [-0.2, -0.15) is 0 Å². The van der Waals surface area contributed by atoms with Crippen molar-refractivity contribution in [3.8, 4) is 0 Å². The zero-order valence-corrected chi connectivity index (χ0v) is 18.6. The second-order valence-corrected chi connectivity index (χ2v) is 9.74. The number of hydrogen-bond acceptors (Lipinski definition) is 7. The Kier molecular flexibility index (Phi) is 5.30. The monoisotopic (exact) mass is 479 g/mol. The first kappa shape index (κ1) is 18.3. The predicted octanol–water partition coefficient (Wildman–Crippen LogP) is 3.81. The number of hydrogen-bond donors (Lipinski definition) is 0. The number of rotatable bonds is 5. The number of halogens is 1. The molecule has 130 valence electrons. The molecule has 4 rings (SSSR count). The Labute approximate surface area is 177 Å². The van der Waals surface area contributed by atoms with Crippen molar-refractivity contribution in [3.63, 3.8) is 0 Å². The van der Waals surface area contributed by atoms with Crippen molar-refractivity contribution in [1.82, 2.24) is 24.5 Å². The van der Waals surface area contributed by atoms with Gasteiger partial charge in [0, 0.05) is 0 Å². The van der Waals surface area contributed by atoms with Gasteiger partial charge in [-0.1, -0.05) is 0 Å². The summed E-state index contributed by atoms with van der Waals surface area (Å²) in [5.74, 6) is 0. The van der Waals surface area contributed by atoms with Crippen LogP contribution >= 0.6 is 46.9 Å². The standard InChI is InChI=1S/C16H11AsClN5S3/c1-8(24)5-6-23-14-11(13(17)19-7-20-14)22-15(23)26-16-21-10-4-2-3-9(18)12(10)25-16/h2-4,7H,5-6H2,1H3. The Bertz CT molecular complexity index is 1140. The minimum atomic E-state index is 0.718. The summed E-state index contributed by atoms with van der Waals surface area (Å²) in [4.78, 5) is 19.0. The third kappa shape index (κ3) is 3.53. The van der Waals surface area contributed by atoms with E-state index in [9.17, 15) is 0 Å². The zero-order chi connectivity index (χ0) is 18.3. The normalized spacial score (nSPS) is 11.5. The van der Waals surface area contributed by atoms with E-state index in [1.807, 2.05) is 25.1 Å². The molecule has 3 heterocycles. The number of fused-ring (bicyclic) bond motifs is 2. The van der Waals surface area contributed by atoms with Gasteiger partial charge in [0.25, 0.3) is 0 Å². The second kappa shape index (κ2) is 7.52. The predicted molar refractivity (Wildman–Crippen MR) is 112 cm³/mol. The van der Waals surface area contributed by atoms with E-state index < -0.39 is 0 Å². The molecule has 0 saturated heterocycles. The van der Waals surface area contributed by atoms with E-state index in [2.05, 4.69) is 36.4 Å².